The lowest BCUT2D eigenvalue weighted by molar-refractivity contribution is -0.115. The topological polar surface area (TPSA) is 130 Å². The maximum absolute atomic E-state index is 12.9. The van der Waals surface area contributed by atoms with Gasteiger partial charge in [0.25, 0.3) is 5.91 Å². The average molecular weight is 464 g/mol. The largest absolute Gasteiger partial charge is 0.326 e. The van der Waals surface area contributed by atoms with Gasteiger partial charge in [0.2, 0.25) is 20.9 Å². The van der Waals surface area contributed by atoms with Crippen molar-refractivity contribution < 1.29 is 22.4 Å². The number of nitrogens with zero attached hydrogens (tertiary/aromatic N) is 2. The predicted octanol–water partition coefficient (Wildman–Crippen LogP) is 2.76. The van der Waals surface area contributed by atoms with Gasteiger partial charge in [-0.2, -0.15) is 0 Å². The zero-order chi connectivity index (χ0) is 22.4. The highest BCUT2D eigenvalue weighted by Gasteiger charge is 2.17. The Kier molecular flexibility index (Phi) is 7.05. The Morgan fingerprint density at radius 1 is 0.968 bits per heavy atom. The molecule has 0 aliphatic carbocycles. The van der Waals surface area contributed by atoms with Crippen molar-refractivity contribution in [1.82, 2.24) is 14.9 Å². The standard InChI is InChI=1S/C19H18FN5O4S2/c1-2-16(26)22-13-7-9-15(10-8-13)31(28,29)21-11-17-24-25-19(30-17)18(27)23-14-5-3-12(20)4-6-14/h3-10,21H,2,11H2,1H3,(H,22,26)(H,23,27). The number of amides is 2. The van der Waals surface area contributed by atoms with E-state index >= 15 is 0 Å². The summed E-state index contributed by atoms with van der Waals surface area (Å²) in [6.45, 7) is 1.56. The van der Waals surface area contributed by atoms with Crippen LogP contribution in [0.2, 0.25) is 0 Å². The van der Waals surface area contributed by atoms with Gasteiger partial charge in [0, 0.05) is 17.8 Å². The van der Waals surface area contributed by atoms with Crippen molar-refractivity contribution in [2.45, 2.75) is 24.8 Å². The number of aromatic nitrogens is 2. The monoisotopic (exact) mass is 463 g/mol. The molecule has 2 amide bonds. The summed E-state index contributed by atoms with van der Waals surface area (Å²) in [6.07, 6.45) is 0.313. The number of benzene rings is 2. The van der Waals surface area contributed by atoms with E-state index in [-0.39, 0.29) is 22.4 Å². The van der Waals surface area contributed by atoms with E-state index in [2.05, 4.69) is 25.6 Å². The van der Waals surface area contributed by atoms with Crippen molar-refractivity contribution in [2.75, 3.05) is 10.6 Å². The lowest BCUT2D eigenvalue weighted by Gasteiger charge is -2.07. The van der Waals surface area contributed by atoms with E-state index in [4.69, 9.17) is 0 Å². The second-order valence-corrected chi connectivity index (χ2v) is 9.04. The zero-order valence-corrected chi connectivity index (χ0v) is 17.9. The minimum Gasteiger partial charge on any atom is -0.326 e. The van der Waals surface area contributed by atoms with Gasteiger partial charge >= 0.3 is 0 Å². The number of anilines is 2. The van der Waals surface area contributed by atoms with Crippen LogP contribution < -0.4 is 15.4 Å². The molecular formula is C19H18FN5O4S2. The first kappa shape index (κ1) is 22.5. The molecule has 0 aliphatic rings. The van der Waals surface area contributed by atoms with Crippen LogP contribution in [0.25, 0.3) is 0 Å². The van der Waals surface area contributed by atoms with Gasteiger partial charge in [0.05, 0.1) is 11.4 Å². The van der Waals surface area contributed by atoms with Gasteiger partial charge in [-0.15, -0.1) is 10.2 Å². The highest BCUT2D eigenvalue weighted by molar-refractivity contribution is 7.89. The lowest BCUT2D eigenvalue weighted by atomic mass is 10.3. The average Bonchev–Trinajstić information content (AvgIpc) is 3.24. The second-order valence-electron chi connectivity index (χ2n) is 6.21. The molecule has 0 unspecified atom stereocenters. The fourth-order valence-corrected chi connectivity index (χ4v) is 4.10. The summed E-state index contributed by atoms with van der Waals surface area (Å²) in [7, 11) is -3.83. The Hall–Kier alpha value is -3.22. The molecule has 12 heteroatoms. The Morgan fingerprint density at radius 3 is 2.23 bits per heavy atom. The van der Waals surface area contributed by atoms with Crippen LogP contribution >= 0.6 is 11.3 Å². The van der Waals surface area contributed by atoms with E-state index in [1.54, 1.807) is 6.92 Å². The Morgan fingerprint density at radius 2 is 1.58 bits per heavy atom. The van der Waals surface area contributed by atoms with Crippen molar-refractivity contribution in [3.8, 4) is 0 Å². The van der Waals surface area contributed by atoms with Gasteiger partial charge in [0.15, 0.2) is 0 Å². The van der Waals surface area contributed by atoms with Crippen LogP contribution in [0.15, 0.2) is 53.4 Å². The first-order valence-corrected chi connectivity index (χ1v) is 11.4. The number of hydrogen-bond donors (Lipinski definition) is 3. The third-order valence-electron chi connectivity index (χ3n) is 3.95. The summed E-state index contributed by atoms with van der Waals surface area (Å²) < 4.78 is 40.2. The molecule has 3 N–H and O–H groups in total. The minimum atomic E-state index is -3.83. The van der Waals surface area contributed by atoms with E-state index in [9.17, 15) is 22.4 Å². The maximum Gasteiger partial charge on any atom is 0.286 e. The van der Waals surface area contributed by atoms with Gasteiger partial charge in [-0.3, -0.25) is 9.59 Å². The van der Waals surface area contributed by atoms with Crippen LogP contribution in [0.3, 0.4) is 0 Å². The van der Waals surface area contributed by atoms with E-state index in [1.807, 2.05) is 0 Å². The molecule has 162 valence electrons. The SMILES string of the molecule is CCC(=O)Nc1ccc(S(=O)(=O)NCc2nnc(C(=O)Nc3ccc(F)cc3)s2)cc1. The molecule has 0 atom stereocenters. The number of hydrogen-bond acceptors (Lipinski definition) is 7. The zero-order valence-electron chi connectivity index (χ0n) is 16.3. The van der Waals surface area contributed by atoms with E-state index in [1.165, 1.54) is 48.5 Å². The number of carbonyl (C=O) groups excluding carboxylic acids is 2. The van der Waals surface area contributed by atoms with E-state index < -0.39 is 21.7 Å². The number of halogens is 1. The summed E-state index contributed by atoms with van der Waals surface area (Å²) in [5.74, 6) is -1.14. The van der Waals surface area contributed by atoms with Gasteiger partial charge in [-0.25, -0.2) is 17.5 Å². The number of carbonyl (C=O) groups is 2. The molecule has 3 aromatic rings. The van der Waals surface area contributed by atoms with Gasteiger partial charge in [0.1, 0.15) is 10.8 Å². The molecule has 0 spiro atoms. The number of sulfonamides is 1. The molecule has 31 heavy (non-hydrogen) atoms. The Bertz CT molecular complexity index is 1180. The summed E-state index contributed by atoms with van der Waals surface area (Å²) in [5, 5.41) is 13.1. The van der Waals surface area contributed by atoms with Crippen LogP contribution in [-0.2, 0) is 21.4 Å². The highest BCUT2D eigenvalue weighted by atomic mass is 32.2. The fourth-order valence-electron chi connectivity index (χ4n) is 2.34. The molecule has 9 nitrogen and oxygen atoms in total. The summed E-state index contributed by atoms with van der Waals surface area (Å²) in [4.78, 5) is 23.6. The molecule has 2 aromatic carbocycles. The quantitative estimate of drug-likeness (QED) is 0.471. The summed E-state index contributed by atoms with van der Waals surface area (Å²) >= 11 is 0.928. The summed E-state index contributed by atoms with van der Waals surface area (Å²) in [6, 6.07) is 10.9. The molecule has 0 radical (unpaired) electrons. The maximum atomic E-state index is 12.9. The van der Waals surface area contributed by atoms with Crippen molar-refractivity contribution in [2.24, 2.45) is 0 Å². The van der Waals surface area contributed by atoms with E-state index in [0.717, 1.165) is 11.3 Å². The predicted molar refractivity (Wildman–Crippen MR) is 114 cm³/mol. The Balaban J connectivity index is 1.59. The molecule has 3 rings (SSSR count). The molecule has 1 aromatic heterocycles. The fraction of sp³-hybridized carbons (Fsp3) is 0.158. The molecule has 1 heterocycles. The van der Waals surface area contributed by atoms with E-state index in [0.29, 0.717) is 22.8 Å². The minimum absolute atomic E-state index is 0.0146. The smallest absolute Gasteiger partial charge is 0.286 e. The molecule has 0 saturated heterocycles. The lowest BCUT2D eigenvalue weighted by Crippen LogP contribution is -2.23. The molecular weight excluding hydrogens is 445 g/mol. The van der Waals surface area contributed by atoms with Crippen molar-refractivity contribution in [3.05, 3.63) is 64.4 Å². The highest BCUT2D eigenvalue weighted by Crippen LogP contribution is 2.17. The second kappa shape index (κ2) is 9.73. The first-order valence-electron chi connectivity index (χ1n) is 9.05. The van der Waals surface area contributed by atoms with Gasteiger partial charge in [-0.1, -0.05) is 18.3 Å². The van der Waals surface area contributed by atoms with Crippen LogP contribution in [0.5, 0.6) is 0 Å². The molecule has 0 aliphatic heterocycles. The normalized spacial score (nSPS) is 11.2. The van der Waals surface area contributed by atoms with Crippen LogP contribution in [0.1, 0.15) is 28.2 Å². The van der Waals surface area contributed by atoms with Crippen molar-refractivity contribution in [3.63, 3.8) is 0 Å². The van der Waals surface area contributed by atoms with Crippen LogP contribution in [0.4, 0.5) is 15.8 Å². The van der Waals surface area contributed by atoms with Crippen molar-refractivity contribution >= 4 is 44.5 Å². The molecule has 0 bridgehead atoms. The molecule has 0 saturated carbocycles. The Labute approximate surface area is 181 Å². The van der Waals surface area contributed by atoms with Crippen molar-refractivity contribution in [1.29, 1.82) is 0 Å². The first-order chi connectivity index (χ1) is 14.8. The molecule has 0 fully saturated rings. The van der Waals surface area contributed by atoms with Crippen LogP contribution in [0, 0.1) is 5.82 Å². The third kappa shape index (κ3) is 6.13. The van der Waals surface area contributed by atoms with Crippen LogP contribution in [-0.4, -0.2) is 30.4 Å². The number of rotatable bonds is 8. The van der Waals surface area contributed by atoms with Gasteiger partial charge < -0.3 is 10.6 Å². The third-order valence-corrected chi connectivity index (χ3v) is 6.29. The summed E-state index contributed by atoms with van der Waals surface area (Å²) in [5.41, 5.74) is 0.883. The van der Waals surface area contributed by atoms with Gasteiger partial charge in [-0.05, 0) is 48.5 Å². The number of nitrogens with one attached hydrogen (secondary N) is 3.